The third kappa shape index (κ3) is 4.15. The molecule has 1 unspecified atom stereocenters. The summed E-state index contributed by atoms with van der Waals surface area (Å²) in [5.41, 5.74) is 0.320. The Bertz CT molecular complexity index is 885. The minimum Gasteiger partial charge on any atom is -0.360 e. The molecule has 1 aliphatic carbocycles. The van der Waals surface area contributed by atoms with Crippen LogP contribution in [-0.4, -0.2) is 60.5 Å². The lowest BCUT2D eigenvalue weighted by Gasteiger charge is -2.39. The summed E-state index contributed by atoms with van der Waals surface area (Å²) in [4.78, 5) is 12.6. The van der Waals surface area contributed by atoms with Gasteiger partial charge in [-0.2, -0.15) is 17.4 Å². The van der Waals surface area contributed by atoms with Crippen LogP contribution in [0.5, 0.6) is 0 Å². The van der Waals surface area contributed by atoms with E-state index in [0.29, 0.717) is 30.5 Å². The van der Waals surface area contributed by atoms with E-state index in [-0.39, 0.29) is 30.1 Å². The monoisotopic (exact) mass is 437 g/mol. The highest BCUT2D eigenvalue weighted by atomic mass is 32.2. The van der Waals surface area contributed by atoms with Gasteiger partial charge in [0.2, 0.25) is 0 Å². The molecular weight excluding hydrogens is 406 g/mol. The SMILES string of the molecule is C[C@@H]1C[C@@H](NS(=O)(=O)N2[C@@H]3CC[C@H]2CC(NC(=O)c2cc(C4CC4)on2)C3)CCN1. The molecular formula is C20H31N5O4S. The van der Waals surface area contributed by atoms with Crippen molar-refractivity contribution in [3.8, 4) is 0 Å². The van der Waals surface area contributed by atoms with Crippen molar-refractivity contribution in [2.75, 3.05) is 6.54 Å². The van der Waals surface area contributed by atoms with Crippen molar-refractivity contribution >= 4 is 16.1 Å². The van der Waals surface area contributed by atoms with E-state index >= 15 is 0 Å². The lowest BCUT2D eigenvalue weighted by Crippen LogP contribution is -2.57. The topological polar surface area (TPSA) is 117 Å². The quantitative estimate of drug-likeness (QED) is 0.617. The van der Waals surface area contributed by atoms with Gasteiger partial charge in [-0.15, -0.1) is 0 Å². The predicted molar refractivity (Wildman–Crippen MR) is 110 cm³/mol. The Kier molecular flexibility index (Phi) is 5.37. The molecule has 2 bridgehead atoms. The second-order valence-corrected chi connectivity index (χ2v) is 11.1. The average Bonchev–Trinajstić information content (AvgIpc) is 3.33. The molecule has 1 amide bonds. The molecule has 1 aromatic heterocycles. The van der Waals surface area contributed by atoms with Gasteiger partial charge in [0.15, 0.2) is 5.69 Å². The number of rotatable bonds is 6. The number of fused-ring (bicyclic) bond motifs is 2. The summed E-state index contributed by atoms with van der Waals surface area (Å²) in [5.74, 6) is 0.978. The van der Waals surface area contributed by atoms with Gasteiger partial charge in [0, 0.05) is 42.2 Å². The number of carbonyl (C=O) groups excluding carboxylic acids is 1. The standard InChI is InChI=1S/C20H31N5O4S/c1-12-8-14(6-7-21-12)24-30(27,28)25-16-4-5-17(25)10-15(9-16)22-20(26)18-11-19(29-23-18)13-2-3-13/h11-17,21,24H,2-10H2,1H3,(H,22,26)/t12-,14+,15?,16-,17+/m1/s1. The molecule has 9 nitrogen and oxygen atoms in total. The van der Waals surface area contributed by atoms with Gasteiger partial charge in [-0.25, -0.2) is 0 Å². The second kappa shape index (κ2) is 7.89. The highest BCUT2D eigenvalue weighted by Crippen LogP contribution is 2.40. The molecule has 0 spiro atoms. The minimum absolute atomic E-state index is 0.0177. The second-order valence-electron chi connectivity index (χ2n) is 9.44. The van der Waals surface area contributed by atoms with Crippen molar-refractivity contribution in [1.82, 2.24) is 24.8 Å². The van der Waals surface area contributed by atoms with Crippen LogP contribution in [0.25, 0.3) is 0 Å². The highest BCUT2D eigenvalue weighted by molar-refractivity contribution is 7.87. The summed E-state index contributed by atoms with van der Waals surface area (Å²) in [7, 11) is -3.53. The first-order valence-electron chi connectivity index (χ1n) is 11.2. The lowest BCUT2D eigenvalue weighted by atomic mass is 9.99. The Hall–Kier alpha value is -1.49. The molecule has 3 saturated heterocycles. The fraction of sp³-hybridized carbons (Fsp3) is 0.800. The first kappa shape index (κ1) is 20.4. The molecule has 0 aromatic carbocycles. The van der Waals surface area contributed by atoms with E-state index in [9.17, 15) is 13.2 Å². The van der Waals surface area contributed by atoms with Crippen molar-refractivity contribution in [3.05, 3.63) is 17.5 Å². The maximum absolute atomic E-state index is 13.1. The van der Waals surface area contributed by atoms with Crippen LogP contribution >= 0.6 is 0 Å². The van der Waals surface area contributed by atoms with Gasteiger partial charge in [0.25, 0.3) is 16.1 Å². The van der Waals surface area contributed by atoms with Gasteiger partial charge < -0.3 is 15.2 Å². The van der Waals surface area contributed by atoms with Crippen LogP contribution in [0.3, 0.4) is 0 Å². The van der Waals surface area contributed by atoms with Gasteiger partial charge in [-0.1, -0.05) is 5.16 Å². The Morgan fingerprint density at radius 2 is 1.87 bits per heavy atom. The summed E-state index contributed by atoms with van der Waals surface area (Å²) in [6.45, 7) is 2.92. The fourth-order valence-corrected chi connectivity index (χ4v) is 7.30. The van der Waals surface area contributed by atoms with Crippen LogP contribution in [0.4, 0.5) is 0 Å². The van der Waals surface area contributed by atoms with Crippen molar-refractivity contribution in [3.63, 3.8) is 0 Å². The van der Waals surface area contributed by atoms with Gasteiger partial charge in [0.1, 0.15) is 5.76 Å². The first-order valence-corrected chi connectivity index (χ1v) is 12.6. The summed E-state index contributed by atoms with van der Waals surface area (Å²) < 4.78 is 36.2. The van der Waals surface area contributed by atoms with Gasteiger partial charge in [-0.3, -0.25) is 4.79 Å². The molecule has 4 aliphatic rings. The van der Waals surface area contributed by atoms with E-state index in [0.717, 1.165) is 50.8 Å². The normalized spacial score (nSPS) is 34.8. The number of hydrogen-bond donors (Lipinski definition) is 3. The van der Waals surface area contributed by atoms with Crippen molar-refractivity contribution in [1.29, 1.82) is 0 Å². The third-order valence-corrected chi connectivity index (χ3v) is 8.74. The Labute approximate surface area is 177 Å². The van der Waals surface area contributed by atoms with Crippen molar-refractivity contribution in [2.24, 2.45) is 0 Å². The van der Waals surface area contributed by atoms with E-state index in [2.05, 4.69) is 27.4 Å². The van der Waals surface area contributed by atoms with E-state index in [1.54, 1.807) is 10.4 Å². The number of piperidine rings is 2. The molecule has 3 aliphatic heterocycles. The number of nitrogens with one attached hydrogen (secondary N) is 3. The molecule has 1 aromatic rings. The Morgan fingerprint density at radius 1 is 1.13 bits per heavy atom. The Balaban J connectivity index is 1.20. The maximum Gasteiger partial charge on any atom is 0.280 e. The molecule has 4 fully saturated rings. The summed E-state index contributed by atoms with van der Waals surface area (Å²) in [6.07, 6.45) is 6.77. The van der Waals surface area contributed by atoms with E-state index in [4.69, 9.17) is 4.52 Å². The third-order valence-electron chi connectivity index (χ3n) is 6.96. The molecule has 0 radical (unpaired) electrons. The Morgan fingerprint density at radius 3 is 2.53 bits per heavy atom. The highest BCUT2D eigenvalue weighted by Gasteiger charge is 2.47. The zero-order valence-electron chi connectivity index (χ0n) is 17.3. The molecule has 5 atom stereocenters. The number of hydrogen-bond acceptors (Lipinski definition) is 6. The summed E-state index contributed by atoms with van der Waals surface area (Å²) in [6, 6.07) is 1.87. The number of aromatic nitrogens is 1. The zero-order valence-corrected chi connectivity index (χ0v) is 18.2. The molecule has 4 heterocycles. The van der Waals surface area contributed by atoms with Crippen LogP contribution in [0, 0.1) is 0 Å². The molecule has 30 heavy (non-hydrogen) atoms. The van der Waals surface area contributed by atoms with Crippen LogP contribution in [0.2, 0.25) is 0 Å². The molecule has 10 heteroatoms. The average molecular weight is 438 g/mol. The maximum atomic E-state index is 13.1. The smallest absolute Gasteiger partial charge is 0.280 e. The molecule has 3 N–H and O–H groups in total. The molecule has 1 saturated carbocycles. The van der Waals surface area contributed by atoms with Gasteiger partial charge >= 0.3 is 0 Å². The van der Waals surface area contributed by atoms with Crippen LogP contribution in [0.15, 0.2) is 10.6 Å². The van der Waals surface area contributed by atoms with Crippen LogP contribution in [0.1, 0.15) is 80.5 Å². The number of amides is 1. The summed E-state index contributed by atoms with van der Waals surface area (Å²) >= 11 is 0. The summed E-state index contributed by atoms with van der Waals surface area (Å²) in [5, 5.41) is 10.3. The van der Waals surface area contributed by atoms with Gasteiger partial charge in [-0.05, 0) is 64.8 Å². The minimum atomic E-state index is -3.53. The van der Waals surface area contributed by atoms with Crippen LogP contribution in [-0.2, 0) is 10.2 Å². The number of nitrogens with zero attached hydrogens (tertiary/aromatic N) is 2. The van der Waals surface area contributed by atoms with Gasteiger partial charge in [0.05, 0.1) is 0 Å². The number of carbonyl (C=O) groups is 1. The fourth-order valence-electron chi connectivity index (χ4n) is 5.37. The lowest BCUT2D eigenvalue weighted by molar-refractivity contribution is 0.0899. The van der Waals surface area contributed by atoms with E-state index < -0.39 is 10.2 Å². The molecule has 5 rings (SSSR count). The largest absolute Gasteiger partial charge is 0.360 e. The zero-order chi connectivity index (χ0) is 20.9. The van der Waals surface area contributed by atoms with Crippen LogP contribution < -0.4 is 15.4 Å². The predicted octanol–water partition coefficient (Wildman–Crippen LogP) is 1.25. The molecule has 166 valence electrons. The van der Waals surface area contributed by atoms with E-state index in [1.165, 1.54) is 0 Å². The first-order chi connectivity index (χ1) is 14.4. The van der Waals surface area contributed by atoms with Crippen molar-refractivity contribution < 1.29 is 17.7 Å². The van der Waals surface area contributed by atoms with E-state index in [1.807, 2.05) is 0 Å². The van der Waals surface area contributed by atoms with Crippen molar-refractivity contribution in [2.45, 2.75) is 94.4 Å².